The summed E-state index contributed by atoms with van der Waals surface area (Å²) in [6, 6.07) is 11.3. The minimum atomic E-state index is -1.09. The number of carboxylic acids is 1. The first-order valence-corrected chi connectivity index (χ1v) is 8.91. The van der Waals surface area contributed by atoms with Crippen LogP contribution in [0, 0.1) is 12.8 Å². The summed E-state index contributed by atoms with van der Waals surface area (Å²) in [6.45, 7) is 5.96. The third-order valence-corrected chi connectivity index (χ3v) is 3.87. The molecule has 0 fully saturated rings. The number of anilines is 1. The fourth-order valence-electron chi connectivity index (χ4n) is 2.41. The molecular weight excluding hydrogens is 360 g/mol. The number of benzene rings is 2. The Hall–Kier alpha value is -3.35. The molecule has 0 saturated carbocycles. The van der Waals surface area contributed by atoms with Gasteiger partial charge in [-0.15, -0.1) is 0 Å². The van der Waals surface area contributed by atoms with Gasteiger partial charge in [0.15, 0.2) is 6.61 Å². The van der Waals surface area contributed by atoms with Gasteiger partial charge < -0.3 is 20.5 Å². The van der Waals surface area contributed by atoms with Crippen molar-refractivity contribution in [3.8, 4) is 5.75 Å². The van der Waals surface area contributed by atoms with Crippen LogP contribution in [0.5, 0.6) is 5.75 Å². The molecule has 7 nitrogen and oxygen atoms in total. The minimum Gasteiger partial charge on any atom is -0.482 e. The van der Waals surface area contributed by atoms with Crippen molar-refractivity contribution < 1.29 is 24.2 Å². The van der Waals surface area contributed by atoms with Crippen LogP contribution < -0.4 is 15.4 Å². The quantitative estimate of drug-likeness (QED) is 0.649. The molecule has 0 aliphatic rings. The Bertz CT molecular complexity index is 877. The standard InChI is InChI=1S/C21H24N2O5/c1-13(2)11-22-20(26)16-7-8-18(14(3)9-16)23-21(27)15-5-4-6-17(10-15)28-12-19(24)25/h4-10,13H,11-12H2,1-3H3,(H,22,26)(H,23,27)(H,24,25). The Morgan fingerprint density at radius 1 is 1.04 bits per heavy atom. The number of hydrogen-bond donors (Lipinski definition) is 3. The van der Waals surface area contributed by atoms with E-state index in [0.29, 0.717) is 35.0 Å². The third-order valence-electron chi connectivity index (χ3n) is 3.87. The van der Waals surface area contributed by atoms with Crippen molar-refractivity contribution in [2.24, 2.45) is 5.92 Å². The summed E-state index contributed by atoms with van der Waals surface area (Å²) in [7, 11) is 0. The van der Waals surface area contributed by atoms with Crippen molar-refractivity contribution in [2.45, 2.75) is 20.8 Å². The molecule has 2 amide bonds. The number of carbonyl (C=O) groups is 3. The summed E-state index contributed by atoms with van der Waals surface area (Å²) < 4.78 is 5.09. The van der Waals surface area contributed by atoms with Crippen molar-refractivity contribution in [3.63, 3.8) is 0 Å². The molecule has 3 N–H and O–H groups in total. The van der Waals surface area contributed by atoms with Crippen molar-refractivity contribution in [2.75, 3.05) is 18.5 Å². The molecule has 0 saturated heterocycles. The molecule has 2 aromatic carbocycles. The van der Waals surface area contributed by atoms with Crippen molar-refractivity contribution in [1.82, 2.24) is 5.32 Å². The van der Waals surface area contributed by atoms with Crippen LogP contribution in [-0.2, 0) is 4.79 Å². The lowest BCUT2D eigenvalue weighted by molar-refractivity contribution is -0.139. The highest BCUT2D eigenvalue weighted by molar-refractivity contribution is 6.05. The molecule has 148 valence electrons. The largest absolute Gasteiger partial charge is 0.482 e. The van der Waals surface area contributed by atoms with E-state index in [0.717, 1.165) is 5.56 Å². The van der Waals surface area contributed by atoms with E-state index in [1.54, 1.807) is 43.3 Å². The van der Waals surface area contributed by atoms with Gasteiger partial charge in [-0.05, 0) is 54.8 Å². The number of ether oxygens (including phenoxy) is 1. The number of rotatable bonds is 8. The molecule has 0 aliphatic heterocycles. The zero-order valence-electron chi connectivity index (χ0n) is 16.1. The molecule has 0 bridgehead atoms. The summed E-state index contributed by atoms with van der Waals surface area (Å²) in [5.74, 6) is -0.954. The Kier molecular flexibility index (Phi) is 7.14. The fourth-order valence-corrected chi connectivity index (χ4v) is 2.41. The first kappa shape index (κ1) is 21.0. The first-order valence-electron chi connectivity index (χ1n) is 8.91. The average Bonchev–Trinajstić information content (AvgIpc) is 2.66. The van der Waals surface area contributed by atoms with Gasteiger partial charge in [-0.25, -0.2) is 4.79 Å². The molecular formula is C21H24N2O5. The molecule has 28 heavy (non-hydrogen) atoms. The lowest BCUT2D eigenvalue weighted by atomic mass is 10.1. The summed E-state index contributed by atoms with van der Waals surface area (Å²) in [5.41, 5.74) is 2.20. The van der Waals surface area contributed by atoms with E-state index in [1.807, 2.05) is 13.8 Å². The molecule has 0 aliphatic carbocycles. The fraction of sp³-hybridized carbons (Fsp3) is 0.286. The van der Waals surface area contributed by atoms with Gasteiger partial charge in [0.1, 0.15) is 5.75 Å². The number of aliphatic carboxylic acids is 1. The molecule has 2 rings (SSSR count). The molecule has 0 unspecified atom stereocenters. The normalized spacial score (nSPS) is 10.4. The number of nitrogens with one attached hydrogen (secondary N) is 2. The van der Waals surface area contributed by atoms with E-state index in [2.05, 4.69) is 10.6 Å². The van der Waals surface area contributed by atoms with Crippen molar-refractivity contribution >= 4 is 23.5 Å². The second-order valence-electron chi connectivity index (χ2n) is 6.80. The van der Waals surface area contributed by atoms with Crippen LogP contribution in [0.15, 0.2) is 42.5 Å². The van der Waals surface area contributed by atoms with Gasteiger partial charge in [0.25, 0.3) is 11.8 Å². The lowest BCUT2D eigenvalue weighted by Crippen LogP contribution is -2.27. The van der Waals surface area contributed by atoms with Crippen LogP contribution in [0.4, 0.5) is 5.69 Å². The lowest BCUT2D eigenvalue weighted by Gasteiger charge is -2.12. The van der Waals surface area contributed by atoms with Crippen LogP contribution in [0.3, 0.4) is 0 Å². The molecule has 0 spiro atoms. The smallest absolute Gasteiger partial charge is 0.341 e. The van der Waals surface area contributed by atoms with Gasteiger partial charge in [-0.2, -0.15) is 0 Å². The van der Waals surface area contributed by atoms with E-state index in [-0.39, 0.29) is 11.8 Å². The zero-order valence-corrected chi connectivity index (χ0v) is 16.1. The topological polar surface area (TPSA) is 105 Å². The van der Waals surface area contributed by atoms with Gasteiger partial charge in [0.05, 0.1) is 0 Å². The SMILES string of the molecule is Cc1cc(C(=O)NCC(C)C)ccc1NC(=O)c1cccc(OCC(=O)O)c1. The molecule has 2 aromatic rings. The third kappa shape index (κ3) is 6.12. The van der Waals surface area contributed by atoms with E-state index in [1.165, 1.54) is 6.07 Å². The highest BCUT2D eigenvalue weighted by Gasteiger charge is 2.12. The summed E-state index contributed by atoms with van der Waals surface area (Å²) in [5, 5.41) is 14.3. The van der Waals surface area contributed by atoms with Gasteiger partial charge >= 0.3 is 5.97 Å². The van der Waals surface area contributed by atoms with Gasteiger partial charge in [0, 0.05) is 23.4 Å². The van der Waals surface area contributed by atoms with E-state index < -0.39 is 12.6 Å². The van der Waals surface area contributed by atoms with E-state index in [4.69, 9.17) is 9.84 Å². The monoisotopic (exact) mass is 384 g/mol. The van der Waals surface area contributed by atoms with Gasteiger partial charge in [-0.1, -0.05) is 19.9 Å². The van der Waals surface area contributed by atoms with Crippen molar-refractivity contribution in [1.29, 1.82) is 0 Å². The number of carbonyl (C=O) groups excluding carboxylic acids is 2. The second-order valence-corrected chi connectivity index (χ2v) is 6.80. The van der Waals surface area contributed by atoms with Crippen LogP contribution >= 0.6 is 0 Å². The molecule has 0 atom stereocenters. The van der Waals surface area contributed by atoms with E-state index in [9.17, 15) is 14.4 Å². The second kappa shape index (κ2) is 9.55. The number of hydrogen-bond acceptors (Lipinski definition) is 4. The first-order chi connectivity index (χ1) is 13.3. The van der Waals surface area contributed by atoms with Crippen LogP contribution in [0.1, 0.15) is 40.1 Å². The highest BCUT2D eigenvalue weighted by Crippen LogP contribution is 2.19. The maximum absolute atomic E-state index is 12.5. The Balaban J connectivity index is 2.07. The maximum atomic E-state index is 12.5. The summed E-state index contributed by atoms with van der Waals surface area (Å²) in [4.78, 5) is 35.2. The predicted molar refractivity (Wildman–Crippen MR) is 106 cm³/mol. The van der Waals surface area contributed by atoms with Gasteiger partial charge in [-0.3, -0.25) is 9.59 Å². The summed E-state index contributed by atoms with van der Waals surface area (Å²) in [6.07, 6.45) is 0. The number of aryl methyl sites for hydroxylation is 1. The van der Waals surface area contributed by atoms with Gasteiger partial charge in [0.2, 0.25) is 0 Å². The predicted octanol–water partition coefficient (Wildman–Crippen LogP) is 3.10. The number of amides is 2. The highest BCUT2D eigenvalue weighted by atomic mass is 16.5. The zero-order chi connectivity index (χ0) is 20.7. The molecule has 0 radical (unpaired) electrons. The molecule has 0 aromatic heterocycles. The Morgan fingerprint density at radius 3 is 2.39 bits per heavy atom. The summed E-state index contributed by atoms with van der Waals surface area (Å²) >= 11 is 0. The maximum Gasteiger partial charge on any atom is 0.341 e. The number of carboxylic acid groups (broad SMARTS) is 1. The van der Waals surface area contributed by atoms with Crippen molar-refractivity contribution in [3.05, 3.63) is 59.2 Å². The minimum absolute atomic E-state index is 0.155. The molecule has 0 heterocycles. The van der Waals surface area contributed by atoms with Crippen LogP contribution in [-0.4, -0.2) is 36.0 Å². The Labute approximate surface area is 163 Å². The average molecular weight is 384 g/mol. The van der Waals surface area contributed by atoms with Crippen LogP contribution in [0.25, 0.3) is 0 Å². The van der Waals surface area contributed by atoms with Crippen LogP contribution in [0.2, 0.25) is 0 Å². The Morgan fingerprint density at radius 2 is 1.75 bits per heavy atom. The van der Waals surface area contributed by atoms with E-state index >= 15 is 0 Å². The molecule has 7 heteroatoms.